The van der Waals surface area contributed by atoms with Crippen LogP contribution in [-0.2, 0) is 4.79 Å². The SMILES string of the molecule is NC1CCC(C(=O)NC2CCN(c3ncccn3)CC2)C1. The van der Waals surface area contributed by atoms with E-state index in [1.54, 1.807) is 12.4 Å². The number of carbonyl (C=O) groups excluding carboxylic acids is 1. The van der Waals surface area contributed by atoms with Gasteiger partial charge in [-0.05, 0) is 38.2 Å². The van der Waals surface area contributed by atoms with Gasteiger partial charge in [0.1, 0.15) is 0 Å². The number of rotatable bonds is 3. The summed E-state index contributed by atoms with van der Waals surface area (Å²) in [5.41, 5.74) is 5.88. The molecule has 2 aliphatic rings. The number of hydrogen-bond acceptors (Lipinski definition) is 5. The number of amides is 1. The highest BCUT2D eigenvalue weighted by atomic mass is 16.1. The smallest absolute Gasteiger partial charge is 0.225 e. The van der Waals surface area contributed by atoms with Crippen molar-refractivity contribution in [1.29, 1.82) is 0 Å². The Morgan fingerprint density at radius 2 is 1.90 bits per heavy atom. The summed E-state index contributed by atoms with van der Waals surface area (Å²) in [6.07, 6.45) is 8.17. The number of carbonyl (C=O) groups is 1. The van der Waals surface area contributed by atoms with E-state index in [1.165, 1.54) is 0 Å². The summed E-state index contributed by atoms with van der Waals surface area (Å²) in [6.45, 7) is 1.78. The van der Waals surface area contributed by atoms with Crippen molar-refractivity contribution in [3.8, 4) is 0 Å². The van der Waals surface area contributed by atoms with Gasteiger partial charge in [-0.3, -0.25) is 4.79 Å². The van der Waals surface area contributed by atoms with Crippen LogP contribution in [0, 0.1) is 5.92 Å². The molecule has 1 saturated carbocycles. The van der Waals surface area contributed by atoms with Crippen LogP contribution in [0.4, 0.5) is 5.95 Å². The van der Waals surface area contributed by atoms with Crippen LogP contribution in [0.1, 0.15) is 32.1 Å². The molecule has 1 aromatic heterocycles. The van der Waals surface area contributed by atoms with Gasteiger partial charge in [0, 0.05) is 43.5 Å². The third kappa shape index (κ3) is 3.50. The van der Waals surface area contributed by atoms with Gasteiger partial charge >= 0.3 is 0 Å². The second-order valence-corrected chi connectivity index (χ2v) is 6.09. The first-order chi connectivity index (χ1) is 10.2. The molecule has 1 amide bonds. The summed E-state index contributed by atoms with van der Waals surface area (Å²) in [5.74, 6) is 1.09. The highest BCUT2D eigenvalue weighted by molar-refractivity contribution is 5.79. The van der Waals surface area contributed by atoms with Gasteiger partial charge in [0.25, 0.3) is 0 Å². The lowest BCUT2D eigenvalue weighted by Gasteiger charge is -2.32. The average molecular weight is 289 g/mol. The van der Waals surface area contributed by atoms with Gasteiger partial charge in [0.15, 0.2) is 0 Å². The van der Waals surface area contributed by atoms with Crippen molar-refractivity contribution in [2.24, 2.45) is 11.7 Å². The quantitative estimate of drug-likeness (QED) is 0.855. The van der Waals surface area contributed by atoms with Crippen LogP contribution in [0.5, 0.6) is 0 Å². The molecule has 3 N–H and O–H groups in total. The zero-order chi connectivity index (χ0) is 14.7. The van der Waals surface area contributed by atoms with Gasteiger partial charge in [-0.2, -0.15) is 0 Å². The van der Waals surface area contributed by atoms with E-state index in [0.29, 0.717) is 0 Å². The molecule has 6 heteroatoms. The third-order valence-corrected chi connectivity index (χ3v) is 4.52. The Kier molecular flexibility index (Phi) is 4.34. The van der Waals surface area contributed by atoms with Crippen LogP contribution in [0.3, 0.4) is 0 Å². The van der Waals surface area contributed by atoms with Gasteiger partial charge in [-0.25, -0.2) is 9.97 Å². The molecule has 1 aliphatic heterocycles. The molecule has 0 aromatic carbocycles. The van der Waals surface area contributed by atoms with E-state index < -0.39 is 0 Å². The number of hydrogen-bond donors (Lipinski definition) is 2. The Labute approximate surface area is 125 Å². The van der Waals surface area contributed by atoms with Crippen LogP contribution >= 0.6 is 0 Å². The molecular weight excluding hydrogens is 266 g/mol. The maximum atomic E-state index is 12.2. The first kappa shape index (κ1) is 14.3. The number of aromatic nitrogens is 2. The number of nitrogens with two attached hydrogens (primary N) is 1. The molecule has 1 aromatic rings. The van der Waals surface area contributed by atoms with Crippen molar-refractivity contribution in [2.45, 2.75) is 44.2 Å². The Hall–Kier alpha value is -1.69. The fraction of sp³-hybridized carbons (Fsp3) is 0.667. The minimum atomic E-state index is 0.121. The van der Waals surface area contributed by atoms with E-state index in [0.717, 1.165) is 51.1 Å². The van der Waals surface area contributed by atoms with Crippen LogP contribution < -0.4 is 16.0 Å². The fourth-order valence-electron chi connectivity index (χ4n) is 3.25. The van der Waals surface area contributed by atoms with Crippen molar-refractivity contribution in [2.75, 3.05) is 18.0 Å². The lowest BCUT2D eigenvalue weighted by atomic mass is 10.0. The standard InChI is InChI=1S/C15H23N5O/c16-12-3-2-11(10-12)14(21)19-13-4-8-20(9-5-13)15-17-6-1-7-18-15/h1,6-7,11-13H,2-5,8-10,16H2,(H,19,21). The molecule has 2 atom stereocenters. The van der Waals surface area contributed by atoms with Crippen LogP contribution in [0.25, 0.3) is 0 Å². The molecular formula is C15H23N5O. The maximum Gasteiger partial charge on any atom is 0.225 e. The second-order valence-electron chi connectivity index (χ2n) is 6.09. The van der Waals surface area contributed by atoms with E-state index in [4.69, 9.17) is 5.73 Å². The van der Waals surface area contributed by atoms with E-state index in [9.17, 15) is 4.79 Å². The summed E-state index contributed by atoms with van der Waals surface area (Å²) < 4.78 is 0. The lowest BCUT2D eigenvalue weighted by molar-refractivity contribution is -0.125. The summed E-state index contributed by atoms with van der Waals surface area (Å²) in [6, 6.07) is 2.30. The molecule has 2 heterocycles. The Morgan fingerprint density at radius 1 is 1.19 bits per heavy atom. The molecule has 2 fully saturated rings. The van der Waals surface area contributed by atoms with Gasteiger partial charge in [0.2, 0.25) is 11.9 Å². The fourth-order valence-corrected chi connectivity index (χ4v) is 3.25. The highest BCUT2D eigenvalue weighted by Gasteiger charge is 2.30. The number of nitrogens with one attached hydrogen (secondary N) is 1. The third-order valence-electron chi connectivity index (χ3n) is 4.52. The predicted molar refractivity (Wildman–Crippen MR) is 80.7 cm³/mol. The van der Waals surface area contributed by atoms with E-state index in [1.807, 2.05) is 6.07 Å². The summed E-state index contributed by atoms with van der Waals surface area (Å²) in [4.78, 5) is 22.9. The predicted octanol–water partition coefficient (Wildman–Crippen LogP) is 0.689. The number of anilines is 1. The summed E-state index contributed by atoms with van der Waals surface area (Å²) in [5, 5.41) is 3.19. The zero-order valence-electron chi connectivity index (χ0n) is 12.2. The molecule has 0 spiro atoms. The Morgan fingerprint density at radius 3 is 2.52 bits per heavy atom. The largest absolute Gasteiger partial charge is 0.353 e. The first-order valence-corrected chi connectivity index (χ1v) is 7.80. The number of nitrogens with zero attached hydrogens (tertiary/aromatic N) is 3. The van der Waals surface area contributed by atoms with Crippen LogP contribution in [-0.4, -0.2) is 41.0 Å². The lowest BCUT2D eigenvalue weighted by Crippen LogP contribution is -2.46. The molecule has 3 rings (SSSR count). The van der Waals surface area contributed by atoms with Crippen molar-refractivity contribution < 1.29 is 4.79 Å². The van der Waals surface area contributed by atoms with Crippen molar-refractivity contribution >= 4 is 11.9 Å². The molecule has 6 nitrogen and oxygen atoms in total. The molecule has 2 unspecified atom stereocenters. The molecule has 0 radical (unpaired) electrons. The van der Waals surface area contributed by atoms with E-state index in [-0.39, 0.29) is 23.9 Å². The van der Waals surface area contributed by atoms with Crippen molar-refractivity contribution in [3.63, 3.8) is 0 Å². The van der Waals surface area contributed by atoms with Gasteiger partial charge in [-0.15, -0.1) is 0 Å². The summed E-state index contributed by atoms with van der Waals surface area (Å²) >= 11 is 0. The van der Waals surface area contributed by atoms with Crippen LogP contribution in [0.15, 0.2) is 18.5 Å². The molecule has 1 aliphatic carbocycles. The minimum Gasteiger partial charge on any atom is -0.353 e. The minimum absolute atomic E-state index is 0.121. The highest BCUT2D eigenvalue weighted by Crippen LogP contribution is 2.25. The normalized spacial score (nSPS) is 26.8. The van der Waals surface area contributed by atoms with Crippen molar-refractivity contribution in [1.82, 2.24) is 15.3 Å². The van der Waals surface area contributed by atoms with Crippen molar-refractivity contribution in [3.05, 3.63) is 18.5 Å². The Balaban J connectivity index is 1.47. The zero-order valence-corrected chi connectivity index (χ0v) is 12.2. The maximum absolute atomic E-state index is 12.2. The van der Waals surface area contributed by atoms with E-state index >= 15 is 0 Å². The second kappa shape index (κ2) is 6.39. The topological polar surface area (TPSA) is 84.1 Å². The molecule has 21 heavy (non-hydrogen) atoms. The van der Waals surface area contributed by atoms with E-state index in [2.05, 4.69) is 20.2 Å². The molecule has 0 bridgehead atoms. The molecule has 114 valence electrons. The van der Waals surface area contributed by atoms with Gasteiger partial charge < -0.3 is 16.0 Å². The van der Waals surface area contributed by atoms with Crippen LogP contribution in [0.2, 0.25) is 0 Å². The Bertz CT molecular complexity index is 472. The first-order valence-electron chi connectivity index (χ1n) is 7.80. The van der Waals surface area contributed by atoms with Gasteiger partial charge in [0.05, 0.1) is 0 Å². The van der Waals surface area contributed by atoms with Gasteiger partial charge in [-0.1, -0.05) is 0 Å². The monoisotopic (exact) mass is 289 g/mol. The number of piperidine rings is 1. The summed E-state index contributed by atoms with van der Waals surface area (Å²) in [7, 11) is 0. The molecule has 1 saturated heterocycles. The average Bonchev–Trinajstić information content (AvgIpc) is 2.96.